The molecular weight excluding hydrogens is 314 g/mol. The van der Waals surface area contributed by atoms with Crippen molar-refractivity contribution < 1.29 is 13.9 Å². The third kappa shape index (κ3) is 2.53. The van der Waals surface area contributed by atoms with E-state index >= 15 is 0 Å². The van der Waals surface area contributed by atoms with Gasteiger partial charge in [0, 0.05) is 26.6 Å². The Morgan fingerprint density at radius 1 is 1.14 bits per heavy atom. The molecule has 3 aromatic rings. The van der Waals surface area contributed by atoms with Crippen LogP contribution in [0, 0.1) is 12.7 Å². The van der Waals surface area contributed by atoms with Crippen LogP contribution in [0.4, 0.5) is 4.39 Å². The maximum atomic E-state index is 13.3. The van der Waals surface area contributed by atoms with E-state index in [1.54, 1.807) is 25.1 Å². The molecular formula is C16H11Cl2FO2. The van der Waals surface area contributed by atoms with Crippen molar-refractivity contribution in [1.82, 2.24) is 0 Å². The van der Waals surface area contributed by atoms with Crippen LogP contribution in [0.25, 0.3) is 11.0 Å². The Balaban J connectivity index is 2.15. The second-order valence-electron chi connectivity index (χ2n) is 4.80. The molecule has 1 atom stereocenters. The van der Waals surface area contributed by atoms with Gasteiger partial charge in [0.1, 0.15) is 23.3 Å². The second kappa shape index (κ2) is 5.34. The summed E-state index contributed by atoms with van der Waals surface area (Å²) in [6, 6.07) is 9.06. The van der Waals surface area contributed by atoms with Crippen molar-refractivity contribution in [3.05, 3.63) is 69.1 Å². The quantitative estimate of drug-likeness (QED) is 0.696. The summed E-state index contributed by atoms with van der Waals surface area (Å²) in [4.78, 5) is 0. The Hall–Kier alpha value is -1.55. The van der Waals surface area contributed by atoms with E-state index in [2.05, 4.69) is 0 Å². The van der Waals surface area contributed by atoms with Gasteiger partial charge >= 0.3 is 0 Å². The van der Waals surface area contributed by atoms with Crippen LogP contribution in [-0.2, 0) is 0 Å². The van der Waals surface area contributed by atoms with E-state index in [4.69, 9.17) is 27.6 Å². The van der Waals surface area contributed by atoms with Crippen LogP contribution < -0.4 is 0 Å². The van der Waals surface area contributed by atoms with E-state index in [1.807, 2.05) is 0 Å². The Bertz CT molecular complexity index is 827. The highest BCUT2D eigenvalue weighted by Gasteiger charge is 2.22. The van der Waals surface area contributed by atoms with Gasteiger partial charge in [0.2, 0.25) is 0 Å². The predicted octanol–water partition coefficient (Wildman–Crippen LogP) is 5.27. The third-order valence-corrected chi connectivity index (χ3v) is 4.02. The molecule has 108 valence electrons. The number of fused-ring (bicyclic) bond motifs is 1. The summed E-state index contributed by atoms with van der Waals surface area (Å²) < 4.78 is 19.0. The van der Waals surface area contributed by atoms with Gasteiger partial charge in [-0.2, -0.15) is 0 Å². The molecule has 0 aliphatic rings. The normalized spacial score (nSPS) is 12.8. The molecule has 21 heavy (non-hydrogen) atoms. The maximum Gasteiger partial charge on any atom is 0.141 e. The average Bonchev–Trinajstić information content (AvgIpc) is 2.78. The number of hydrogen-bond acceptors (Lipinski definition) is 2. The summed E-state index contributed by atoms with van der Waals surface area (Å²) in [5, 5.41) is 12.0. The van der Waals surface area contributed by atoms with Gasteiger partial charge in [-0.1, -0.05) is 23.2 Å². The minimum atomic E-state index is -1.06. The molecule has 1 N–H and O–H groups in total. The molecule has 0 bridgehead atoms. The summed E-state index contributed by atoms with van der Waals surface area (Å²) in [7, 11) is 0. The van der Waals surface area contributed by atoms with Crippen LogP contribution in [0.3, 0.4) is 0 Å². The number of halogens is 3. The highest BCUT2D eigenvalue weighted by atomic mass is 35.5. The molecule has 3 rings (SSSR count). The first-order valence-corrected chi connectivity index (χ1v) is 7.04. The average molecular weight is 325 g/mol. The van der Waals surface area contributed by atoms with Gasteiger partial charge in [-0.05, 0) is 43.3 Å². The van der Waals surface area contributed by atoms with Gasteiger partial charge in [0.05, 0.1) is 0 Å². The number of aliphatic hydroxyl groups is 1. The van der Waals surface area contributed by atoms with E-state index in [9.17, 15) is 9.50 Å². The fraction of sp³-hybridized carbons (Fsp3) is 0.125. The fourth-order valence-corrected chi connectivity index (χ4v) is 2.74. The zero-order valence-electron chi connectivity index (χ0n) is 11.0. The molecule has 5 heteroatoms. The zero-order valence-corrected chi connectivity index (χ0v) is 12.5. The number of hydrogen-bond donors (Lipinski definition) is 1. The van der Waals surface area contributed by atoms with Crippen LogP contribution in [-0.4, -0.2) is 5.11 Å². The first-order valence-electron chi connectivity index (χ1n) is 6.29. The van der Waals surface area contributed by atoms with Crippen LogP contribution in [0.1, 0.15) is 23.0 Å². The topological polar surface area (TPSA) is 33.4 Å². The van der Waals surface area contributed by atoms with Crippen LogP contribution in [0.5, 0.6) is 0 Å². The molecule has 0 amide bonds. The Kier molecular flexibility index (Phi) is 3.66. The summed E-state index contributed by atoms with van der Waals surface area (Å²) >= 11 is 12.0. The van der Waals surface area contributed by atoms with Crippen molar-refractivity contribution in [2.45, 2.75) is 13.0 Å². The molecule has 0 saturated heterocycles. The van der Waals surface area contributed by atoms with Crippen molar-refractivity contribution >= 4 is 34.2 Å². The van der Waals surface area contributed by atoms with E-state index in [0.29, 0.717) is 37.9 Å². The molecule has 1 unspecified atom stereocenters. The number of furan rings is 1. The monoisotopic (exact) mass is 324 g/mol. The van der Waals surface area contributed by atoms with E-state index < -0.39 is 6.10 Å². The van der Waals surface area contributed by atoms with Crippen molar-refractivity contribution in [1.29, 1.82) is 0 Å². The van der Waals surface area contributed by atoms with Gasteiger partial charge < -0.3 is 9.52 Å². The second-order valence-corrected chi connectivity index (χ2v) is 5.64. The van der Waals surface area contributed by atoms with E-state index in [0.717, 1.165) is 0 Å². The number of benzene rings is 2. The summed E-state index contributed by atoms with van der Waals surface area (Å²) in [6.07, 6.45) is -1.06. The Morgan fingerprint density at radius 3 is 2.67 bits per heavy atom. The Labute approximate surface area is 130 Å². The molecule has 1 aromatic heterocycles. The largest absolute Gasteiger partial charge is 0.458 e. The van der Waals surface area contributed by atoms with Crippen LogP contribution >= 0.6 is 23.2 Å². The van der Waals surface area contributed by atoms with E-state index in [-0.39, 0.29) is 5.82 Å². The zero-order chi connectivity index (χ0) is 15.1. The molecule has 0 saturated carbocycles. The van der Waals surface area contributed by atoms with Gasteiger partial charge in [0.25, 0.3) is 0 Å². The van der Waals surface area contributed by atoms with Crippen LogP contribution in [0.2, 0.25) is 10.0 Å². The van der Waals surface area contributed by atoms with Crippen molar-refractivity contribution in [3.8, 4) is 0 Å². The van der Waals surface area contributed by atoms with E-state index in [1.165, 1.54) is 18.2 Å². The van der Waals surface area contributed by atoms with Crippen molar-refractivity contribution in [2.75, 3.05) is 0 Å². The highest BCUT2D eigenvalue weighted by molar-refractivity contribution is 6.33. The highest BCUT2D eigenvalue weighted by Crippen LogP contribution is 2.36. The number of aliphatic hydroxyl groups excluding tert-OH is 1. The first kappa shape index (κ1) is 14.4. The number of aryl methyl sites for hydroxylation is 1. The Morgan fingerprint density at radius 2 is 1.90 bits per heavy atom. The third-order valence-electron chi connectivity index (χ3n) is 3.44. The molecule has 2 nitrogen and oxygen atoms in total. The summed E-state index contributed by atoms with van der Waals surface area (Å²) in [5.41, 5.74) is 1.64. The van der Waals surface area contributed by atoms with Gasteiger partial charge in [-0.25, -0.2) is 4.39 Å². The maximum absolute atomic E-state index is 13.3. The lowest BCUT2D eigenvalue weighted by molar-refractivity contribution is 0.191. The minimum absolute atomic E-state index is 0.333. The molecule has 0 fully saturated rings. The smallest absolute Gasteiger partial charge is 0.141 e. The number of rotatable bonds is 2. The minimum Gasteiger partial charge on any atom is -0.458 e. The summed E-state index contributed by atoms with van der Waals surface area (Å²) in [6.45, 7) is 1.77. The van der Waals surface area contributed by atoms with Gasteiger partial charge in [0.15, 0.2) is 0 Å². The lowest BCUT2D eigenvalue weighted by Crippen LogP contribution is -2.00. The lowest BCUT2D eigenvalue weighted by Gasteiger charge is -2.11. The SMILES string of the molecule is Cc1c(C(O)c2cc(Cl)ccc2Cl)oc2ccc(F)cc12. The van der Waals surface area contributed by atoms with Crippen molar-refractivity contribution in [2.24, 2.45) is 0 Å². The molecule has 2 aromatic carbocycles. The molecule has 0 radical (unpaired) electrons. The van der Waals surface area contributed by atoms with Gasteiger partial charge in [-0.3, -0.25) is 0 Å². The lowest BCUT2D eigenvalue weighted by atomic mass is 10.0. The van der Waals surface area contributed by atoms with Crippen molar-refractivity contribution in [3.63, 3.8) is 0 Å². The van der Waals surface area contributed by atoms with Gasteiger partial charge in [-0.15, -0.1) is 0 Å². The predicted molar refractivity (Wildman–Crippen MR) is 81.4 cm³/mol. The fourth-order valence-electron chi connectivity index (χ4n) is 2.34. The molecule has 0 aliphatic heterocycles. The summed E-state index contributed by atoms with van der Waals surface area (Å²) in [5.74, 6) is -0.0204. The van der Waals surface area contributed by atoms with Crippen LogP contribution in [0.15, 0.2) is 40.8 Å². The molecule has 0 spiro atoms. The first-order chi connectivity index (χ1) is 9.97. The standard InChI is InChI=1S/C16H11Cl2FO2/c1-8-11-7-10(19)3-5-14(11)21-16(8)15(20)12-6-9(17)2-4-13(12)18/h2-7,15,20H,1H3. The molecule has 0 aliphatic carbocycles. The molecule has 1 heterocycles.